The van der Waals surface area contributed by atoms with Crippen LogP contribution in [0, 0.1) is 0 Å². The molecule has 0 aliphatic carbocycles. The third-order valence-corrected chi connectivity index (χ3v) is 3.95. The summed E-state index contributed by atoms with van der Waals surface area (Å²) in [4.78, 5) is 11.9. The first-order valence-electron chi connectivity index (χ1n) is 7.61. The highest BCUT2D eigenvalue weighted by Crippen LogP contribution is 2.19. The van der Waals surface area contributed by atoms with E-state index < -0.39 is 6.10 Å². The quantitative estimate of drug-likeness (QED) is 0.826. The number of ketones is 1. The van der Waals surface area contributed by atoms with Crippen LogP contribution in [0.15, 0.2) is 60.7 Å². The lowest BCUT2D eigenvalue weighted by molar-refractivity contribution is -0.118. The molecule has 0 saturated heterocycles. The van der Waals surface area contributed by atoms with Gasteiger partial charge in [0.2, 0.25) is 0 Å². The van der Waals surface area contributed by atoms with Gasteiger partial charge in [0.25, 0.3) is 0 Å². The van der Waals surface area contributed by atoms with E-state index >= 15 is 0 Å². The minimum atomic E-state index is -0.593. The zero-order chi connectivity index (χ0) is 15.9. The Morgan fingerprint density at radius 1 is 1.00 bits per heavy atom. The number of rotatable bonds is 7. The lowest BCUT2D eigenvalue weighted by Gasteiger charge is -2.23. The molecule has 0 bridgehead atoms. The summed E-state index contributed by atoms with van der Waals surface area (Å²) in [6.07, 6.45) is -0.593. The van der Waals surface area contributed by atoms with Crippen molar-refractivity contribution < 1.29 is 9.90 Å². The predicted octanol–water partition coefficient (Wildman–Crippen LogP) is 3.07. The van der Waals surface area contributed by atoms with Crippen LogP contribution in [0.4, 0.5) is 0 Å². The molecule has 0 saturated carbocycles. The molecule has 0 radical (unpaired) electrons. The summed E-state index contributed by atoms with van der Waals surface area (Å²) in [5, 5.41) is 13.7. The van der Waals surface area contributed by atoms with Crippen molar-refractivity contribution >= 4 is 5.78 Å². The number of carbonyl (C=O) groups excluding carboxylic acids is 1. The van der Waals surface area contributed by atoms with Gasteiger partial charge in [0.1, 0.15) is 5.78 Å². The molecule has 3 atom stereocenters. The van der Waals surface area contributed by atoms with Gasteiger partial charge in [-0.05, 0) is 25.0 Å². The first-order valence-corrected chi connectivity index (χ1v) is 7.61. The lowest BCUT2D eigenvalue weighted by atomic mass is 9.94. The molecule has 0 heterocycles. The SMILES string of the molecule is CC(=O)C(CNC(C)C(O)c1ccccc1)c1ccccc1. The summed E-state index contributed by atoms with van der Waals surface area (Å²) in [5.41, 5.74) is 1.88. The molecule has 2 aromatic carbocycles. The van der Waals surface area contributed by atoms with Gasteiger partial charge in [-0.3, -0.25) is 4.79 Å². The fraction of sp³-hybridized carbons (Fsp3) is 0.316. The maximum Gasteiger partial charge on any atom is 0.138 e. The largest absolute Gasteiger partial charge is 0.387 e. The second kappa shape index (κ2) is 7.87. The van der Waals surface area contributed by atoms with Crippen LogP contribution in [-0.2, 0) is 4.79 Å². The molecule has 0 aliphatic heterocycles. The van der Waals surface area contributed by atoms with E-state index in [9.17, 15) is 9.90 Å². The van der Waals surface area contributed by atoms with E-state index in [0.29, 0.717) is 6.54 Å². The molecular formula is C19H23NO2. The van der Waals surface area contributed by atoms with Crippen molar-refractivity contribution in [3.63, 3.8) is 0 Å². The van der Waals surface area contributed by atoms with Crippen molar-refractivity contribution in [2.24, 2.45) is 0 Å². The van der Waals surface area contributed by atoms with Gasteiger partial charge in [-0.25, -0.2) is 0 Å². The van der Waals surface area contributed by atoms with Crippen LogP contribution in [0.2, 0.25) is 0 Å². The van der Waals surface area contributed by atoms with Gasteiger partial charge in [0.15, 0.2) is 0 Å². The van der Waals surface area contributed by atoms with Crippen molar-refractivity contribution in [2.75, 3.05) is 6.54 Å². The standard InChI is InChI=1S/C19H23NO2/c1-14(19(22)17-11-7-4-8-12-17)20-13-18(15(2)21)16-9-5-3-6-10-16/h3-12,14,18-20,22H,13H2,1-2H3. The maximum absolute atomic E-state index is 11.9. The Morgan fingerprint density at radius 3 is 2.00 bits per heavy atom. The number of hydrogen-bond donors (Lipinski definition) is 2. The van der Waals surface area contributed by atoms with Crippen molar-refractivity contribution in [3.05, 3.63) is 71.8 Å². The van der Waals surface area contributed by atoms with Gasteiger partial charge in [0.05, 0.1) is 12.0 Å². The number of Topliss-reactive ketones (excluding diaryl/α,β-unsaturated/α-hetero) is 1. The number of aliphatic hydroxyl groups is 1. The Balaban J connectivity index is 1.99. The summed E-state index contributed by atoms with van der Waals surface area (Å²) >= 11 is 0. The lowest BCUT2D eigenvalue weighted by Crippen LogP contribution is -2.36. The van der Waals surface area contributed by atoms with Crippen LogP contribution < -0.4 is 5.32 Å². The first kappa shape index (κ1) is 16.4. The third-order valence-electron chi connectivity index (χ3n) is 3.95. The second-order valence-corrected chi connectivity index (χ2v) is 5.63. The minimum absolute atomic E-state index is 0.125. The fourth-order valence-electron chi connectivity index (χ4n) is 2.54. The van der Waals surface area contributed by atoms with E-state index in [0.717, 1.165) is 11.1 Å². The molecule has 0 aromatic heterocycles. The Kier molecular flexibility index (Phi) is 5.87. The van der Waals surface area contributed by atoms with E-state index in [4.69, 9.17) is 0 Å². The van der Waals surface area contributed by atoms with E-state index in [1.807, 2.05) is 67.6 Å². The zero-order valence-electron chi connectivity index (χ0n) is 13.1. The van der Waals surface area contributed by atoms with Crippen LogP contribution in [0.3, 0.4) is 0 Å². The Morgan fingerprint density at radius 2 is 1.50 bits per heavy atom. The molecule has 0 spiro atoms. The van der Waals surface area contributed by atoms with Gasteiger partial charge in [-0.1, -0.05) is 60.7 Å². The highest BCUT2D eigenvalue weighted by atomic mass is 16.3. The monoisotopic (exact) mass is 297 g/mol. The van der Waals surface area contributed by atoms with E-state index in [1.54, 1.807) is 6.92 Å². The van der Waals surface area contributed by atoms with Crippen molar-refractivity contribution in [2.45, 2.75) is 31.9 Å². The van der Waals surface area contributed by atoms with Crippen molar-refractivity contribution in [3.8, 4) is 0 Å². The highest BCUT2D eigenvalue weighted by Gasteiger charge is 2.20. The van der Waals surface area contributed by atoms with Gasteiger partial charge < -0.3 is 10.4 Å². The predicted molar refractivity (Wildman–Crippen MR) is 88.7 cm³/mol. The van der Waals surface area contributed by atoms with Gasteiger partial charge in [0, 0.05) is 12.6 Å². The molecule has 116 valence electrons. The average molecular weight is 297 g/mol. The molecule has 2 N–H and O–H groups in total. The van der Waals surface area contributed by atoms with E-state index in [-0.39, 0.29) is 17.7 Å². The Bertz CT molecular complexity index is 583. The van der Waals surface area contributed by atoms with Crippen LogP contribution in [-0.4, -0.2) is 23.5 Å². The van der Waals surface area contributed by atoms with Crippen molar-refractivity contribution in [1.82, 2.24) is 5.32 Å². The topological polar surface area (TPSA) is 49.3 Å². The molecule has 22 heavy (non-hydrogen) atoms. The van der Waals surface area contributed by atoms with E-state index in [1.165, 1.54) is 0 Å². The fourth-order valence-corrected chi connectivity index (χ4v) is 2.54. The third kappa shape index (κ3) is 4.26. The number of benzene rings is 2. The van der Waals surface area contributed by atoms with E-state index in [2.05, 4.69) is 5.32 Å². The zero-order valence-corrected chi connectivity index (χ0v) is 13.1. The van der Waals surface area contributed by atoms with Crippen LogP contribution in [0.1, 0.15) is 37.0 Å². The Labute approximate surface area is 132 Å². The van der Waals surface area contributed by atoms with Crippen LogP contribution in [0.25, 0.3) is 0 Å². The molecular weight excluding hydrogens is 274 g/mol. The van der Waals surface area contributed by atoms with Crippen LogP contribution >= 0.6 is 0 Å². The summed E-state index contributed by atoms with van der Waals surface area (Å²) < 4.78 is 0. The molecule has 2 aromatic rings. The highest BCUT2D eigenvalue weighted by molar-refractivity contribution is 5.83. The summed E-state index contributed by atoms with van der Waals surface area (Å²) in [6, 6.07) is 19.2. The summed E-state index contributed by atoms with van der Waals surface area (Å²) in [7, 11) is 0. The molecule has 3 heteroatoms. The molecule has 3 unspecified atom stereocenters. The number of carbonyl (C=O) groups is 1. The molecule has 0 amide bonds. The second-order valence-electron chi connectivity index (χ2n) is 5.63. The Hall–Kier alpha value is -1.97. The van der Waals surface area contributed by atoms with Crippen LogP contribution in [0.5, 0.6) is 0 Å². The molecule has 0 aliphatic rings. The minimum Gasteiger partial charge on any atom is -0.387 e. The van der Waals surface area contributed by atoms with Crippen molar-refractivity contribution in [1.29, 1.82) is 0 Å². The first-order chi connectivity index (χ1) is 10.6. The number of aliphatic hydroxyl groups excluding tert-OH is 1. The molecule has 2 rings (SSSR count). The van der Waals surface area contributed by atoms with Gasteiger partial charge >= 0.3 is 0 Å². The number of hydrogen-bond acceptors (Lipinski definition) is 3. The van der Waals surface area contributed by atoms with Gasteiger partial charge in [-0.2, -0.15) is 0 Å². The summed E-state index contributed by atoms with van der Waals surface area (Å²) in [6.45, 7) is 4.06. The maximum atomic E-state index is 11.9. The summed E-state index contributed by atoms with van der Waals surface area (Å²) in [5.74, 6) is -0.0632. The smallest absolute Gasteiger partial charge is 0.138 e. The molecule has 3 nitrogen and oxygen atoms in total. The normalized spacial score (nSPS) is 15.0. The van der Waals surface area contributed by atoms with Gasteiger partial charge in [-0.15, -0.1) is 0 Å². The molecule has 0 fully saturated rings. The number of nitrogens with one attached hydrogen (secondary N) is 1. The average Bonchev–Trinajstić information content (AvgIpc) is 2.55.